The highest BCUT2D eigenvalue weighted by Crippen LogP contribution is 2.11. The molecule has 5 nitrogen and oxygen atoms in total. The van der Waals surface area contributed by atoms with Crippen LogP contribution in [0.1, 0.15) is 49.9 Å². The Balaban J connectivity index is 1.62. The molecule has 1 amide bonds. The maximum atomic E-state index is 12.8. The van der Waals surface area contributed by atoms with Gasteiger partial charge in [-0.05, 0) is 30.5 Å². The molecule has 0 bridgehead atoms. The van der Waals surface area contributed by atoms with Crippen LogP contribution >= 0.6 is 0 Å². The molecular formula is C17H22FN3O2. The third kappa shape index (κ3) is 5.81. The maximum absolute atomic E-state index is 12.8. The van der Waals surface area contributed by atoms with Gasteiger partial charge in [0.1, 0.15) is 5.82 Å². The summed E-state index contributed by atoms with van der Waals surface area (Å²) in [6.45, 7) is 4.55. The number of amides is 1. The fraction of sp³-hybridized carbons (Fsp3) is 0.471. The quantitative estimate of drug-likeness (QED) is 0.812. The van der Waals surface area contributed by atoms with E-state index in [2.05, 4.69) is 15.5 Å². The molecule has 1 heterocycles. The molecule has 1 N–H and O–H groups in total. The molecule has 0 aliphatic carbocycles. The summed E-state index contributed by atoms with van der Waals surface area (Å²) in [5, 5.41) is 6.75. The van der Waals surface area contributed by atoms with E-state index in [1.165, 1.54) is 12.1 Å². The first kappa shape index (κ1) is 17.1. The van der Waals surface area contributed by atoms with E-state index in [4.69, 9.17) is 4.52 Å². The maximum Gasteiger partial charge on any atom is 0.226 e. The van der Waals surface area contributed by atoms with Crippen LogP contribution in [0.4, 0.5) is 4.39 Å². The van der Waals surface area contributed by atoms with Gasteiger partial charge in [-0.25, -0.2) is 4.39 Å². The topological polar surface area (TPSA) is 68.0 Å². The first-order valence-corrected chi connectivity index (χ1v) is 7.88. The Morgan fingerprint density at radius 1 is 1.26 bits per heavy atom. The largest absolute Gasteiger partial charge is 0.356 e. The van der Waals surface area contributed by atoms with Crippen molar-refractivity contribution < 1.29 is 13.7 Å². The van der Waals surface area contributed by atoms with Crippen LogP contribution in [0.25, 0.3) is 0 Å². The summed E-state index contributed by atoms with van der Waals surface area (Å²) >= 11 is 0. The van der Waals surface area contributed by atoms with Crippen LogP contribution in [-0.2, 0) is 17.6 Å². The minimum atomic E-state index is -0.251. The van der Waals surface area contributed by atoms with Crippen molar-refractivity contribution in [3.8, 4) is 0 Å². The average Bonchev–Trinajstić information content (AvgIpc) is 2.98. The lowest BCUT2D eigenvalue weighted by atomic mass is 10.1. The summed E-state index contributed by atoms with van der Waals surface area (Å²) in [6, 6.07) is 6.30. The van der Waals surface area contributed by atoms with Gasteiger partial charge in [-0.2, -0.15) is 4.98 Å². The molecule has 124 valence electrons. The Labute approximate surface area is 135 Å². The van der Waals surface area contributed by atoms with Crippen molar-refractivity contribution in [2.75, 3.05) is 6.54 Å². The zero-order valence-electron chi connectivity index (χ0n) is 13.5. The molecule has 1 aromatic carbocycles. The van der Waals surface area contributed by atoms with Crippen molar-refractivity contribution in [3.05, 3.63) is 47.4 Å². The van der Waals surface area contributed by atoms with Crippen LogP contribution in [0.2, 0.25) is 0 Å². The molecule has 1 aromatic heterocycles. The van der Waals surface area contributed by atoms with Crippen LogP contribution in [0.15, 0.2) is 28.8 Å². The van der Waals surface area contributed by atoms with Crippen molar-refractivity contribution in [3.63, 3.8) is 0 Å². The predicted octanol–water partition coefficient (Wildman–Crippen LogP) is 3.01. The van der Waals surface area contributed by atoms with Crippen molar-refractivity contribution in [2.24, 2.45) is 0 Å². The minimum Gasteiger partial charge on any atom is -0.356 e. The Kier molecular flexibility index (Phi) is 6.26. The number of nitrogens with one attached hydrogen (secondary N) is 1. The van der Waals surface area contributed by atoms with Crippen molar-refractivity contribution in [1.29, 1.82) is 0 Å². The van der Waals surface area contributed by atoms with E-state index in [1.54, 1.807) is 12.1 Å². The van der Waals surface area contributed by atoms with Gasteiger partial charge >= 0.3 is 0 Å². The molecule has 0 fully saturated rings. The predicted molar refractivity (Wildman–Crippen MR) is 84.4 cm³/mol. The van der Waals surface area contributed by atoms with Crippen molar-refractivity contribution in [1.82, 2.24) is 15.5 Å². The molecule has 0 aliphatic heterocycles. The number of halogens is 1. The molecular weight excluding hydrogens is 297 g/mol. The number of benzene rings is 1. The molecule has 2 rings (SSSR count). The van der Waals surface area contributed by atoms with E-state index in [0.29, 0.717) is 43.9 Å². The number of carbonyl (C=O) groups excluding carboxylic acids is 1. The van der Waals surface area contributed by atoms with Gasteiger partial charge in [0.2, 0.25) is 11.8 Å². The van der Waals surface area contributed by atoms with Crippen molar-refractivity contribution in [2.45, 2.75) is 45.4 Å². The van der Waals surface area contributed by atoms with E-state index >= 15 is 0 Å². The van der Waals surface area contributed by atoms with Gasteiger partial charge in [-0.1, -0.05) is 31.1 Å². The average molecular weight is 319 g/mol. The van der Waals surface area contributed by atoms with Gasteiger partial charge < -0.3 is 9.84 Å². The van der Waals surface area contributed by atoms with Gasteiger partial charge in [0.05, 0.1) is 0 Å². The summed E-state index contributed by atoms with van der Waals surface area (Å²) < 4.78 is 17.9. The highest BCUT2D eigenvalue weighted by molar-refractivity contribution is 5.75. The number of aromatic nitrogens is 2. The number of hydrogen-bond donors (Lipinski definition) is 1. The third-order valence-corrected chi connectivity index (χ3v) is 3.44. The monoisotopic (exact) mass is 319 g/mol. The summed E-state index contributed by atoms with van der Waals surface area (Å²) in [6.07, 6.45) is 2.38. The molecule has 0 spiro atoms. The lowest BCUT2D eigenvalue weighted by Crippen LogP contribution is -2.25. The molecule has 0 saturated heterocycles. The third-order valence-electron chi connectivity index (χ3n) is 3.44. The van der Waals surface area contributed by atoms with E-state index in [9.17, 15) is 9.18 Å². The standard InChI is InChI=1S/C17H22FN3O2/c1-12(2)17-20-16(23-21-17)5-3-4-15(22)19-11-10-13-6-8-14(18)9-7-13/h6-9,12H,3-5,10-11H2,1-2H3,(H,19,22). The number of hydrogen-bond acceptors (Lipinski definition) is 4. The van der Waals surface area contributed by atoms with Crippen LogP contribution in [0, 0.1) is 5.82 Å². The highest BCUT2D eigenvalue weighted by Gasteiger charge is 2.10. The Bertz CT molecular complexity index is 623. The normalized spacial score (nSPS) is 11.0. The highest BCUT2D eigenvalue weighted by atomic mass is 19.1. The molecule has 2 aromatic rings. The molecule has 0 atom stereocenters. The SMILES string of the molecule is CC(C)c1noc(CCCC(=O)NCCc2ccc(F)cc2)n1. The van der Waals surface area contributed by atoms with E-state index < -0.39 is 0 Å². The van der Waals surface area contributed by atoms with Gasteiger partial charge in [0.25, 0.3) is 0 Å². The molecule has 0 saturated carbocycles. The molecule has 0 unspecified atom stereocenters. The number of carbonyl (C=O) groups is 1. The first-order chi connectivity index (χ1) is 11.0. The molecule has 0 radical (unpaired) electrons. The Morgan fingerprint density at radius 2 is 2.00 bits per heavy atom. The number of nitrogens with zero attached hydrogens (tertiary/aromatic N) is 2. The summed E-state index contributed by atoms with van der Waals surface area (Å²) in [4.78, 5) is 16.0. The van der Waals surface area contributed by atoms with Crippen LogP contribution < -0.4 is 5.32 Å². The second kappa shape index (κ2) is 8.41. The summed E-state index contributed by atoms with van der Waals surface area (Å²) in [5.74, 6) is 1.26. The van der Waals surface area contributed by atoms with Gasteiger partial charge in [-0.3, -0.25) is 4.79 Å². The summed E-state index contributed by atoms with van der Waals surface area (Å²) in [5.41, 5.74) is 0.999. The second-order valence-electron chi connectivity index (χ2n) is 5.78. The lowest BCUT2D eigenvalue weighted by molar-refractivity contribution is -0.121. The Morgan fingerprint density at radius 3 is 2.65 bits per heavy atom. The van der Waals surface area contributed by atoms with E-state index in [0.717, 1.165) is 5.56 Å². The second-order valence-corrected chi connectivity index (χ2v) is 5.78. The molecule has 6 heteroatoms. The fourth-order valence-electron chi connectivity index (χ4n) is 2.09. The van der Waals surface area contributed by atoms with Crippen LogP contribution in [0.5, 0.6) is 0 Å². The fourth-order valence-corrected chi connectivity index (χ4v) is 2.09. The van der Waals surface area contributed by atoms with E-state index in [1.807, 2.05) is 13.8 Å². The zero-order chi connectivity index (χ0) is 16.7. The van der Waals surface area contributed by atoms with E-state index in [-0.39, 0.29) is 17.6 Å². The van der Waals surface area contributed by atoms with Gasteiger partial charge in [0.15, 0.2) is 5.82 Å². The first-order valence-electron chi connectivity index (χ1n) is 7.88. The lowest BCUT2D eigenvalue weighted by Gasteiger charge is -2.05. The molecule has 23 heavy (non-hydrogen) atoms. The van der Waals surface area contributed by atoms with Crippen molar-refractivity contribution >= 4 is 5.91 Å². The minimum absolute atomic E-state index is 0.00397. The number of rotatable bonds is 8. The Hall–Kier alpha value is -2.24. The molecule has 0 aliphatic rings. The van der Waals surface area contributed by atoms with Crippen LogP contribution in [0.3, 0.4) is 0 Å². The number of aryl methyl sites for hydroxylation is 1. The zero-order valence-corrected chi connectivity index (χ0v) is 13.5. The van der Waals surface area contributed by atoms with Gasteiger partial charge in [0, 0.05) is 25.3 Å². The summed E-state index contributed by atoms with van der Waals surface area (Å²) in [7, 11) is 0. The van der Waals surface area contributed by atoms with Crippen LogP contribution in [-0.4, -0.2) is 22.6 Å². The smallest absolute Gasteiger partial charge is 0.226 e. The van der Waals surface area contributed by atoms with Gasteiger partial charge in [-0.15, -0.1) is 0 Å².